The molecule has 0 radical (unpaired) electrons. The van der Waals surface area contributed by atoms with Crippen molar-refractivity contribution in [1.82, 2.24) is 5.32 Å². The molecule has 0 atom stereocenters. The van der Waals surface area contributed by atoms with E-state index in [4.69, 9.17) is 10.5 Å². The summed E-state index contributed by atoms with van der Waals surface area (Å²) in [5.74, 6) is -0.772. The molecule has 5 nitrogen and oxygen atoms in total. The molecule has 0 aromatic carbocycles. The third-order valence-corrected chi connectivity index (χ3v) is 1.57. The van der Waals surface area contributed by atoms with Gasteiger partial charge < -0.3 is 15.8 Å². The molecule has 15 heavy (non-hydrogen) atoms. The number of carbonyl (C=O) groups excluding carboxylic acids is 2. The van der Waals surface area contributed by atoms with Crippen molar-refractivity contribution < 1.29 is 14.3 Å². The Bertz CT molecular complexity index is 261. The number of primary amides is 1. The van der Waals surface area contributed by atoms with Crippen LogP contribution >= 0.6 is 0 Å². The summed E-state index contributed by atoms with van der Waals surface area (Å²) in [5, 5.41) is 2.59. The predicted octanol–water partition coefficient (Wildman–Crippen LogP) is -0.263. The van der Waals surface area contributed by atoms with Crippen LogP contribution in [0.3, 0.4) is 0 Å². The Morgan fingerprint density at radius 2 is 2.13 bits per heavy atom. The summed E-state index contributed by atoms with van der Waals surface area (Å²) in [6, 6.07) is 0. The zero-order valence-electron chi connectivity index (χ0n) is 8.62. The van der Waals surface area contributed by atoms with Crippen molar-refractivity contribution in [2.75, 3.05) is 19.8 Å². The molecule has 0 aliphatic heterocycles. The Morgan fingerprint density at radius 3 is 2.67 bits per heavy atom. The number of hydrogen-bond acceptors (Lipinski definition) is 3. The summed E-state index contributed by atoms with van der Waals surface area (Å²) < 4.78 is 5.09. The van der Waals surface area contributed by atoms with Crippen LogP contribution in [0.4, 0.5) is 0 Å². The van der Waals surface area contributed by atoms with Gasteiger partial charge in [-0.2, -0.15) is 0 Å². The van der Waals surface area contributed by atoms with Crippen molar-refractivity contribution in [2.24, 2.45) is 5.73 Å². The molecule has 0 fully saturated rings. The van der Waals surface area contributed by atoms with Gasteiger partial charge in [0.05, 0.1) is 6.61 Å². The fourth-order valence-corrected chi connectivity index (χ4v) is 0.724. The first-order valence-electron chi connectivity index (χ1n) is 4.53. The van der Waals surface area contributed by atoms with E-state index in [0.29, 0.717) is 19.6 Å². The average molecular weight is 212 g/mol. The standard InChI is InChI=1S/C10H16N2O3/c1-3-9(13)12-5-4-6-15-7-8(2)10(11)14/h3H,1-2,4-7H2,(H2,11,14)(H,12,13). The van der Waals surface area contributed by atoms with Gasteiger partial charge in [0.2, 0.25) is 11.8 Å². The molecule has 84 valence electrons. The van der Waals surface area contributed by atoms with Crippen molar-refractivity contribution in [3.8, 4) is 0 Å². The van der Waals surface area contributed by atoms with Crippen LogP contribution in [0.25, 0.3) is 0 Å². The predicted molar refractivity (Wildman–Crippen MR) is 57.0 cm³/mol. The lowest BCUT2D eigenvalue weighted by molar-refractivity contribution is -0.116. The second-order valence-electron chi connectivity index (χ2n) is 2.87. The number of nitrogens with one attached hydrogen (secondary N) is 1. The minimum atomic E-state index is -0.560. The minimum absolute atomic E-state index is 0.130. The maximum atomic E-state index is 10.7. The zero-order chi connectivity index (χ0) is 11.7. The summed E-state index contributed by atoms with van der Waals surface area (Å²) >= 11 is 0. The number of ether oxygens (including phenoxy) is 1. The second-order valence-corrected chi connectivity index (χ2v) is 2.87. The number of nitrogens with two attached hydrogens (primary N) is 1. The molecule has 0 aliphatic carbocycles. The van der Waals surface area contributed by atoms with Crippen LogP contribution in [0.1, 0.15) is 6.42 Å². The maximum Gasteiger partial charge on any atom is 0.246 e. The largest absolute Gasteiger partial charge is 0.377 e. The molecule has 0 aliphatic rings. The average Bonchev–Trinajstić information content (AvgIpc) is 2.22. The summed E-state index contributed by atoms with van der Waals surface area (Å²) in [6.45, 7) is 7.81. The molecule has 0 rings (SSSR count). The molecule has 2 amide bonds. The molecule has 0 aromatic rings. The van der Waals surface area contributed by atoms with Crippen molar-refractivity contribution in [3.05, 3.63) is 24.8 Å². The smallest absolute Gasteiger partial charge is 0.246 e. The van der Waals surface area contributed by atoms with Gasteiger partial charge in [-0.25, -0.2) is 0 Å². The highest BCUT2D eigenvalue weighted by Crippen LogP contribution is 1.90. The van der Waals surface area contributed by atoms with Crippen molar-refractivity contribution in [2.45, 2.75) is 6.42 Å². The highest BCUT2D eigenvalue weighted by Gasteiger charge is 2.00. The Labute approximate surface area is 89.0 Å². The van der Waals surface area contributed by atoms with E-state index in [1.807, 2.05) is 0 Å². The quantitative estimate of drug-likeness (QED) is 0.429. The molecule has 5 heteroatoms. The highest BCUT2D eigenvalue weighted by atomic mass is 16.5. The van der Waals surface area contributed by atoms with Gasteiger partial charge >= 0.3 is 0 Å². The molecule has 0 aromatic heterocycles. The van der Waals surface area contributed by atoms with Crippen LogP contribution in [0.2, 0.25) is 0 Å². The van der Waals surface area contributed by atoms with Gasteiger partial charge in [-0.1, -0.05) is 13.2 Å². The van der Waals surface area contributed by atoms with Crippen LogP contribution in [0.5, 0.6) is 0 Å². The zero-order valence-corrected chi connectivity index (χ0v) is 8.62. The molecule has 0 bridgehead atoms. The Morgan fingerprint density at radius 1 is 1.47 bits per heavy atom. The first-order chi connectivity index (χ1) is 7.07. The summed E-state index contributed by atoms with van der Waals surface area (Å²) in [6.07, 6.45) is 1.86. The fraction of sp³-hybridized carbons (Fsp3) is 0.400. The van der Waals surface area contributed by atoms with Gasteiger partial charge in [-0.15, -0.1) is 0 Å². The molecule has 0 saturated heterocycles. The molecule has 0 unspecified atom stereocenters. The van der Waals surface area contributed by atoms with Crippen LogP contribution in [0, 0.1) is 0 Å². The lowest BCUT2D eigenvalue weighted by Gasteiger charge is -2.04. The van der Waals surface area contributed by atoms with Crippen molar-refractivity contribution in [3.63, 3.8) is 0 Å². The second kappa shape index (κ2) is 7.75. The Hall–Kier alpha value is -1.62. The number of carbonyl (C=O) groups is 2. The first kappa shape index (κ1) is 13.4. The van der Waals surface area contributed by atoms with Crippen molar-refractivity contribution >= 4 is 11.8 Å². The maximum absolute atomic E-state index is 10.7. The van der Waals surface area contributed by atoms with Gasteiger partial charge in [-0.3, -0.25) is 9.59 Å². The van der Waals surface area contributed by atoms with E-state index in [-0.39, 0.29) is 18.1 Å². The van der Waals surface area contributed by atoms with E-state index >= 15 is 0 Å². The molecular formula is C10H16N2O3. The van der Waals surface area contributed by atoms with Gasteiger partial charge in [0.25, 0.3) is 0 Å². The molecular weight excluding hydrogens is 196 g/mol. The normalized spacial score (nSPS) is 9.33. The van der Waals surface area contributed by atoms with Gasteiger partial charge in [0.1, 0.15) is 0 Å². The van der Waals surface area contributed by atoms with Gasteiger partial charge in [-0.05, 0) is 12.5 Å². The van der Waals surface area contributed by atoms with Crippen LogP contribution < -0.4 is 11.1 Å². The van der Waals surface area contributed by atoms with Gasteiger partial charge in [0, 0.05) is 18.7 Å². The third-order valence-electron chi connectivity index (χ3n) is 1.57. The Balaban J connectivity index is 3.32. The topological polar surface area (TPSA) is 81.4 Å². The first-order valence-corrected chi connectivity index (χ1v) is 4.53. The van der Waals surface area contributed by atoms with Crippen LogP contribution in [0.15, 0.2) is 24.8 Å². The third kappa shape index (κ3) is 7.45. The van der Waals surface area contributed by atoms with E-state index in [1.165, 1.54) is 6.08 Å². The highest BCUT2D eigenvalue weighted by molar-refractivity contribution is 5.91. The SMILES string of the molecule is C=CC(=O)NCCCOCC(=C)C(N)=O. The van der Waals surface area contributed by atoms with Crippen molar-refractivity contribution in [1.29, 1.82) is 0 Å². The van der Waals surface area contributed by atoms with Crippen LogP contribution in [-0.2, 0) is 14.3 Å². The lowest BCUT2D eigenvalue weighted by Crippen LogP contribution is -2.23. The molecule has 3 N–H and O–H groups in total. The number of amides is 2. The summed E-state index contributed by atoms with van der Waals surface area (Å²) in [5.41, 5.74) is 5.19. The summed E-state index contributed by atoms with van der Waals surface area (Å²) in [7, 11) is 0. The minimum Gasteiger partial charge on any atom is -0.377 e. The van der Waals surface area contributed by atoms with E-state index in [2.05, 4.69) is 18.5 Å². The van der Waals surface area contributed by atoms with E-state index in [0.717, 1.165) is 0 Å². The lowest BCUT2D eigenvalue weighted by atomic mass is 10.3. The molecule has 0 spiro atoms. The monoisotopic (exact) mass is 212 g/mol. The van der Waals surface area contributed by atoms with E-state index < -0.39 is 5.91 Å². The molecule has 0 saturated carbocycles. The van der Waals surface area contributed by atoms with Crippen LogP contribution in [-0.4, -0.2) is 31.6 Å². The number of hydrogen-bond donors (Lipinski definition) is 2. The number of rotatable bonds is 8. The van der Waals surface area contributed by atoms with E-state index in [1.54, 1.807) is 0 Å². The fourth-order valence-electron chi connectivity index (χ4n) is 0.724. The summed E-state index contributed by atoms with van der Waals surface area (Å²) in [4.78, 5) is 21.2. The molecule has 0 heterocycles. The van der Waals surface area contributed by atoms with Gasteiger partial charge in [0.15, 0.2) is 0 Å². The van der Waals surface area contributed by atoms with E-state index in [9.17, 15) is 9.59 Å². The Kier molecular flexibility index (Phi) is 6.92.